The van der Waals surface area contributed by atoms with Gasteiger partial charge in [0.05, 0.1) is 19.8 Å². The zero-order chi connectivity index (χ0) is 11.2. The van der Waals surface area contributed by atoms with Crippen LogP contribution in [-0.2, 0) is 11.3 Å². The predicted octanol–water partition coefficient (Wildman–Crippen LogP) is -0.00228. The Labute approximate surface area is 95.4 Å². The second kappa shape index (κ2) is 5.91. The molecule has 1 aromatic heterocycles. The normalized spacial score (nSPS) is 21.2. The number of piperidine rings is 1. The molecule has 16 heavy (non-hydrogen) atoms. The number of hydrogen-bond donors (Lipinski definition) is 1. The van der Waals surface area contributed by atoms with Gasteiger partial charge in [0.25, 0.3) is 0 Å². The summed E-state index contributed by atoms with van der Waals surface area (Å²) in [5.74, 6) is 1.51. The van der Waals surface area contributed by atoms with Crippen LogP contribution in [0.5, 0.6) is 0 Å². The summed E-state index contributed by atoms with van der Waals surface area (Å²) in [6, 6.07) is 0. The second-order valence-electron chi connectivity index (χ2n) is 4.24. The summed E-state index contributed by atoms with van der Waals surface area (Å²) in [7, 11) is 0. The standard InChI is InChI=1S/C10H19N5O/c1-9-12-13-14-15(9)5-6-16-8-10-3-2-4-11-7-10/h10-11H,2-8H2,1H3/t10-/m0/s1. The molecule has 0 radical (unpaired) electrons. The Bertz CT molecular complexity index is 308. The van der Waals surface area contributed by atoms with Crippen LogP contribution < -0.4 is 5.32 Å². The third-order valence-electron chi connectivity index (χ3n) is 2.91. The van der Waals surface area contributed by atoms with Crippen LogP contribution in [0, 0.1) is 12.8 Å². The number of aryl methyl sites for hydroxylation is 1. The number of ether oxygens (including phenoxy) is 1. The van der Waals surface area contributed by atoms with Gasteiger partial charge in [0.1, 0.15) is 5.82 Å². The lowest BCUT2D eigenvalue weighted by atomic mass is 10.0. The van der Waals surface area contributed by atoms with Crippen LogP contribution in [0.1, 0.15) is 18.7 Å². The van der Waals surface area contributed by atoms with Crippen molar-refractivity contribution in [2.45, 2.75) is 26.3 Å². The van der Waals surface area contributed by atoms with Gasteiger partial charge in [-0.25, -0.2) is 4.68 Å². The molecule has 1 N–H and O–H groups in total. The zero-order valence-electron chi connectivity index (χ0n) is 9.72. The molecule has 1 atom stereocenters. The van der Waals surface area contributed by atoms with Gasteiger partial charge in [-0.15, -0.1) is 5.10 Å². The van der Waals surface area contributed by atoms with Crippen LogP contribution in [0.3, 0.4) is 0 Å². The van der Waals surface area contributed by atoms with E-state index in [0.717, 1.165) is 32.1 Å². The number of tetrazole rings is 1. The SMILES string of the molecule is Cc1nnnn1CCOC[C@H]1CCCNC1. The van der Waals surface area contributed by atoms with E-state index in [0.29, 0.717) is 12.5 Å². The molecule has 0 unspecified atom stereocenters. The van der Waals surface area contributed by atoms with Crippen LogP contribution in [0.25, 0.3) is 0 Å². The lowest BCUT2D eigenvalue weighted by molar-refractivity contribution is 0.0819. The fourth-order valence-corrected chi connectivity index (χ4v) is 1.92. The van der Waals surface area contributed by atoms with Gasteiger partial charge in [-0.2, -0.15) is 0 Å². The molecule has 0 spiro atoms. The number of nitrogens with one attached hydrogen (secondary N) is 1. The number of hydrogen-bond acceptors (Lipinski definition) is 5. The summed E-state index contributed by atoms with van der Waals surface area (Å²) in [5.41, 5.74) is 0. The monoisotopic (exact) mass is 225 g/mol. The molecule has 0 aliphatic carbocycles. The third kappa shape index (κ3) is 3.24. The lowest BCUT2D eigenvalue weighted by Gasteiger charge is -2.22. The Kier molecular flexibility index (Phi) is 4.24. The molecule has 0 bridgehead atoms. The van der Waals surface area contributed by atoms with Gasteiger partial charge >= 0.3 is 0 Å². The van der Waals surface area contributed by atoms with E-state index in [1.165, 1.54) is 12.8 Å². The van der Waals surface area contributed by atoms with E-state index in [-0.39, 0.29) is 0 Å². The molecular formula is C10H19N5O. The van der Waals surface area contributed by atoms with Gasteiger partial charge in [-0.05, 0) is 42.7 Å². The average Bonchev–Trinajstić information content (AvgIpc) is 2.72. The van der Waals surface area contributed by atoms with Crippen LogP contribution in [0.2, 0.25) is 0 Å². The quantitative estimate of drug-likeness (QED) is 0.714. The molecule has 0 saturated carbocycles. The Morgan fingerprint density at radius 3 is 3.19 bits per heavy atom. The molecule has 6 nitrogen and oxygen atoms in total. The maximum atomic E-state index is 5.65. The van der Waals surface area contributed by atoms with Crippen molar-refractivity contribution in [3.63, 3.8) is 0 Å². The molecule has 1 aliphatic heterocycles. The van der Waals surface area contributed by atoms with Gasteiger partial charge in [0, 0.05) is 6.54 Å². The summed E-state index contributed by atoms with van der Waals surface area (Å²) in [4.78, 5) is 0. The summed E-state index contributed by atoms with van der Waals surface area (Å²) in [6.45, 7) is 6.39. The highest BCUT2D eigenvalue weighted by atomic mass is 16.5. The summed E-state index contributed by atoms with van der Waals surface area (Å²) in [6.07, 6.45) is 2.54. The highest BCUT2D eigenvalue weighted by Crippen LogP contribution is 2.09. The van der Waals surface area contributed by atoms with Crippen LogP contribution in [0.4, 0.5) is 0 Å². The molecule has 1 fully saturated rings. The zero-order valence-corrected chi connectivity index (χ0v) is 9.72. The highest BCUT2D eigenvalue weighted by Gasteiger charge is 2.12. The molecule has 1 aliphatic rings. The molecule has 2 rings (SSSR count). The molecule has 1 saturated heterocycles. The Morgan fingerprint density at radius 2 is 2.50 bits per heavy atom. The van der Waals surface area contributed by atoms with Crippen LogP contribution in [-0.4, -0.2) is 46.5 Å². The van der Waals surface area contributed by atoms with Gasteiger partial charge in [-0.1, -0.05) is 0 Å². The minimum absolute atomic E-state index is 0.670. The maximum absolute atomic E-state index is 5.65. The molecule has 90 valence electrons. The first-order valence-corrected chi connectivity index (χ1v) is 5.87. The molecular weight excluding hydrogens is 206 g/mol. The van der Waals surface area contributed by atoms with E-state index >= 15 is 0 Å². The van der Waals surface area contributed by atoms with Gasteiger partial charge in [0.2, 0.25) is 0 Å². The summed E-state index contributed by atoms with van der Waals surface area (Å²) < 4.78 is 7.41. The number of aromatic nitrogens is 4. The Hall–Kier alpha value is -1.01. The lowest BCUT2D eigenvalue weighted by Crippen LogP contribution is -2.32. The van der Waals surface area contributed by atoms with Crippen molar-refractivity contribution in [2.75, 3.05) is 26.3 Å². The van der Waals surface area contributed by atoms with Crippen molar-refractivity contribution < 1.29 is 4.74 Å². The maximum Gasteiger partial charge on any atom is 0.148 e. The molecule has 0 amide bonds. The average molecular weight is 225 g/mol. The second-order valence-corrected chi connectivity index (χ2v) is 4.24. The van der Waals surface area contributed by atoms with Gasteiger partial charge in [0.15, 0.2) is 0 Å². The fourth-order valence-electron chi connectivity index (χ4n) is 1.92. The van der Waals surface area contributed by atoms with Crippen LogP contribution >= 0.6 is 0 Å². The minimum atomic E-state index is 0.670. The van der Waals surface area contributed by atoms with E-state index in [1.54, 1.807) is 4.68 Å². The molecule has 2 heterocycles. The number of nitrogens with zero attached hydrogens (tertiary/aromatic N) is 4. The summed E-state index contributed by atoms with van der Waals surface area (Å²) >= 11 is 0. The molecule has 6 heteroatoms. The topological polar surface area (TPSA) is 64.9 Å². The third-order valence-corrected chi connectivity index (χ3v) is 2.91. The van der Waals surface area contributed by atoms with E-state index in [9.17, 15) is 0 Å². The predicted molar refractivity (Wildman–Crippen MR) is 59.0 cm³/mol. The minimum Gasteiger partial charge on any atom is -0.379 e. The van der Waals surface area contributed by atoms with Crippen molar-refractivity contribution >= 4 is 0 Å². The van der Waals surface area contributed by atoms with Crippen molar-refractivity contribution in [2.24, 2.45) is 5.92 Å². The first-order chi connectivity index (χ1) is 7.86. The smallest absolute Gasteiger partial charge is 0.148 e. The van der Waals surface area contributed by atoms with Crippen molar-refractivity contribution in [1.82, 2.24) is 25.5 Å². The highest BCUT2D eigenvalue weighted by molar-refractivity contribution is 4.72. The van der Waals surface area contributed by atoms with E-state index < -0.39 is 0 Å². The largest absolute Gasteiger partial charge is 0.379 e. The van der Waals surface area contributed by atoms with Gasteiger partial charge in [-0.3, -0.25) is 0 Å². The first kappa shape index (κ1) is 11.5. The Morgan fingerprint density at radius 1 is 1.56 bits per heavy atom. The Balaban J connectivity index is 1.59. The first-order valence-electron chi connectivity index (χ1n) is 5.87. The van der Waals surface area contributed by atoms with Crippen molar-refractivity contribution in [3.05, 3.63) is 5.82 Å². The van der Waals surface area contributed by atoms with E-state index in [2.05, 4.69) is 20.8 Å². The number of rotatable bonds is 5. The summed E-state index contributed by atoms with van der Waals surface area (Å²) in [5, 5.41) is 14.7. The molecule has 0 aromatic carbocycles. The molecule has 1 aromatic rings. The van der Waals surface area contributed by atoms with Gasteiger partial charge < -0.3 is 10.1 Å². The van der Waals surface area contributed by atoms with Crippen LogP contribution in [0.15, 0.2) is 0 Å². The fraction of sp³-hybridized carbons (Fsp3) is 0.900. The van der Waals surface area contributed by atoms with E-state index in [1.807, 2.05) is 6.92 Å². The van der Waals surface area contributed by atoms with Crippen molar-refractivity contribution in [1.29, 1.82) is 0 Å². The van der Waals surface area contributed by atoms with E-state index in [4.69, 9.17) is 4.74 Å². The van der Waals surface area contributed by atoms with Crippen molar-refractivity contribution in [3.8, 4) is 0 Å².